The molecule has 1 nitrogen and oxygen atoms in total. The van der Waals surface area contributed by atoms with Gasteiger partial charge in [-0.2, -0.15) is 0 Å². The van der Waals surface area contributed by atoms with Crippen molar-refractivity contribution >= 4 is 0 Å². The number of aryl methyl sites for hydroxylation is 2. The first-order valence-corrected chi connectivity index (χ1v) is 6.13. The summed E-state index contributed by atoms with van der Waals surface area (Å²) in [6.07, 6.45) is 0.727. The highest BCUT2D eigenvalue weighted by Gasteiger charge is 2.09. The molecular weight excluding hydrogens is 225 g/mol. The molecule has 0 aliphatic rings. The van der Waals surface area contributed by atoms with Crippen molar-refractivity contribution in [2.45, 2.75) is 26.3 Å². The summed E-state index contributed by atoms with van der Waals surface area (Å²) in [4.78, 5) is 0. The topological polar surface area (TPSA) is 26.0 Å². The van der Waals surface area contributed by atoms with Crippen LogP contribution in [0.5, 0.6) is 0 Å². The molecule has 2 rings (SSSR count). The summed E-state index contributed by atoms with van der Waals surface area (Å²) in [7, 11) is 0. The first-order chi connectivity index (χ1) is 8.54. The van der Waals surface area contributed by atoms with Crippen LogP contribution in [0.1, 0.15) is 28.3 Å². The normalized spacial score (nSPS) is 12.4. The second kappa shape index (κ2) is 5.32. The minimum Gasteiger partial charge on any atom is -0.324 e. The monoisotopic (exact) mass is 243 g/mol. The van der Waals surface area contributed by atoms with Gasteiger partial charge < -0.3 is 5.73 Å². The lowest BCUT2D eigenvalue weighted by atomic mass is 9.97. The second-order valence-electron chi connectivity index (χ2n) is 4.86. The molecule has 0 fully saturated rings. The van der Waals surface area contributed by atoms with Crippen molar-refractivity contribution in [3.05, 3.63) is 70.5 Å². The van der Waals surface area contributed by atoms with E-state index in [0.717, 1.165) is 17.5 Å². The van der Waals surface area contributed by atoms with Crippen LogP contribution in [0.3, 0.4) is 0 Å². The fourth-order valence-electron chi connectivity index (χ4n) is 2.19. The van der Waals surface area contributed by atoms with E-state index < -0.39 is 0 Å². The first-order valence-electron chi connectivity index (χ1n) is 6.13. The zero-order valence-electron chi connectivity index (χ0n) is 10.8. The van der Waals surface area contributed by atoms with Crippen LogP contribution in [0, 0.1) is 19.7 Å². The van der Waals surface area contributed by atoms with Crippen molar-refractivity contribution in [3.8, 4) is 0 Å². The Balaban J connectivity index is 2.19. The predicted molar refractivity (Wildman–Crippen MR) is 72.9 cm³/mol. The largest absolute Gasteiger partial charge is 0.324 e. The van der Waals surface area contributed by atoms with E-state index >= 15 is 0 Å². The standard InChI is InChI=1S/C16H18FN/c1-11-4-3-5-13(6-11)9-16(18)14-7-12(2)8-15(17)10-14/h3-8,10,16H,9,18H2,1-2H3. The smallest absolute Gasteiger partial charge is 0.123 e. The van der Waals surface area contributed by atoms with Gasteiger partial charge in [0.1, 0.15) is 5.82 Å². The molecule has 1 atom stereocenters. The lowest BCUT2D eigenvalue weighted by Gasteiger charge is -2.13. The summed E-state index contributed by atoms with van der Waals surface area (Å²) in [6, 6.07) is 13.1. The average Bonchev–Trinajstić information content (AvgIpc) is 2.27. The molecule has 2 N–H and O–H groups in total. The molecule has 2 aromatic rings. The van der Waals surface area contributed by atoms with Gasteiger partial charge in [-0.15, -0.1) is 0 Å². The highest BCUT2D eigenvalue weighted by molar-refractivity contribution is 5.29. The lowest BCUT2D eigenvalue weighted by molar-refractivity contribution is 0.617. The fraction of sp³-hybridized carbons (Fsp3) is 0.250. The summed E-state index contributed by atoms with van der Waals surface area (Å²) in [5.41, 5.74) is 10.3. The SMILES string of the molecule is Cc1cccc(CC(N)c2cc(C)cc(F)c2)c1. The zero-order chi connectivity index (χ0) is 13.1. The summed E-state index contributed by atoms with van der Waals surface area (Å²) < 4.78 is 13.3. The van der Waals surface area contributed by atoms with E-state index in [-0.39, 0.29) is 11.9 Å². The summed E-state index contributed by atoms with van der Waals surface area (Å²) >= 11 is 0. The third-order valence-corrected chi connectivity index (χ3v) is 3.03. The summed E-state index contributed by atoms with van der Waals surface area (Å²) in [6.45, 7) is 3.94. The first kappa shape index (κ1) is 12.8. The third kappa shape index (κ3) is 3.17. The van der Waals surface area contributed by atoms with Gasteiger partial charge in [-0.3, -0.25) is 0 Å². The van der Waals surface area contributed by atoms with Gasteiger partial charge in [-0.25, -0.2) is 4.39 Å². The molecule has 0 saturated heterocycles. The Hall–Kier alpha value is -1.67. The fourth-order valence-corrected chi connectivity index (χ4v) is 2.19. The van der Waals surface area contributed by atoms with Gasteiger partial charge in [0.25, 0.3) is 0 Å². The molecule has 0 heterocycles. The van der Waals surface area contributed by atoms with Gasteiger partial charge in [-0.1, -0.05) is 35.9 Å². The molecule has 0 aliphatic carbocycles. The molecule has 94 valence electrons. The molecule has 1 unspecified atom stereocenters. The number of benzene rings is 2. The molecule has 0 bridgehead atoms. The Morgan fingerprint density at radius 2 is 1.83 bits per heavy atom. The van der Waals surface area contributed by atoms with Crippen molar-refractivity contribution in [2.75, 3.05) is 0 Å². The van der Waals surface area contributed by atoms with Crippen molar-refractivity contribution < 1.29 is 4.39 Å². The maximum Gasteiger partial charge on any atom is 0.123 e. The molecule has 0 saturated carbocycles. The van der Waals surface area contributed by atoms with Gasteiger partial charge in [0.15, 0.2) is 0 Å². The Kier molecular flexibility index (Phi) is 3.78. The van der Waals surface area contributed by atoms with Crippen molar-refractivity contribution in [1.29, 1.82) is 0 Å². The van der Waals surface area contributed by atoms with Crippen LogP contribution in [0.4, 0.5) is 4.39 Å². The van der Waals surface area contributed by atoms with E-state index in [9.17, 15) is 4.39 Å². The second-order valence-corrected chi connectivity index (χ2v) is 4.86. The predicted octanol–water partition coefficient (Wildman–Crippen LogP) is 3.69. The molecular formula is C16H18FN. The quantitative estimate of drug-likeness (QED) is 0.874. The number of halogens is 1. The molecule has 0 spiro atoms. The average molecular weight is 243 g/mol. The molecule has 18 heavy (non-hydrogen) atoms. The van der Waals surface area contributed by atoms with Crippen LogP contribution >= 0.6 is 0 Å². The van der Waals surface area contributed by atoms with E-state index in [4.69, 9.17) is 5.73 Å². The van der Waals surface area contributed by atoms with Crippen LogP contribution in [-0.4, -0.2) is 0 Å². The molecule has 0 aromatic heterocycles. The molecule has 0 aliphatic heterocycles. The van der Waals surface area contributed by atoms with Gasteiger partial charge in [-0.05, 0) is 49.1 Å². The third-order valence-electron chi connectivity index (χ3n) is 3.03. The van der Waals surface area contributed by atoms with Crippen molar-refractivity contribution in [2.24, 2.45) is 5.73 Å². The van der Waals surface area contributed by atoms with Gasteiger partial charge in [0.2, 0.25) is 0 Å². The van der Waals surface area contributed by atoms with Crippen molar-refractivity contribution in [1.82, 2.24) is 0 Å². The van der Waals surface area contributed by atoms with E-state index in [2.05, 4.69) is 25.1 Å². The maximum atomic E-state index is 13.3. The molecule has 2 heteroatoms. The van der Waals surface area contributed by atoms with E-state index in [1.807, 2.05) is 19.1 Å². The Morgan fingerprint density at radius 1 is 1.06 bits per heavy atom. The number of rotatable bonds is 3. The lowest BCUT2D eigenvalue weighted by Crippen LogP contribution is -2.13. The van der Waals surface area contributed by atoms with Crippen LogP contribution in [0.2, 0.25) is 0 Å². The molecule has 0 amide bonds. The minimum absolute atomic E-state index is 0.166. The highest BCUT2D eigenvalue weighted by atomic mass is 19.1. The molecule has 0 radical (unpaired) electrons. The van der Waals surface area contributed by atoms with Gasteiger partial charge in [0, 0.05) is 6.04 Å². The Bertz CT molecular complexity index is 528. The van der Waals surface area contributed by atoms with Crippen molar-refractivity contribution in [3.63, 3.8) is 0 Å². The number of nitrogens with two attached hydrogens (primary N) is 1. The van der Waals surface area contributed by atoms with E-state index in [1.54, 1.807) is 0 Å². The van der Waals surface area contributed by atoms with Crippen LogP contribution in [-0.2, 0) is 6.42 Å². The van der Waals surface area contributed by atoms with Crippen LogP contribution in [0.25, 0.3) is 0 Å². The zero-order valence-corrected chi connectivity index (χ0v) is 10.8. The molecule has 2 aromatic carbocycles. The minimum atomic E-state index is -0.218. The summed E-state index contributed by atoms with van der Waals surface area (Å²) in [5.74, 6) is -0.218. The number of hydrogen-bond acceptors (Lipinski definition) is 1. The Labute approximate surface area is 107 Å². The number of hydrogen-bond donors (Lipinski definition) is 1. The van der Waals surface area contributed by atoms with Crippen LogP contribution < -0.4 is 5.73 Å². The van der Waals surface area contributed by atoms with E-state index in [0.29, 0.717) is 0 Å². The summed E-state index contributed by atoms with van der Waals surface area (Å²) in [5, 5.41) is 0. The highest BCUT2D eigenvalue weighted by Crippen LogP contribution is 2.19. The maximum absolute atomic E-state index is 13.3. The van der Waals surface area contributed by atoms with Gasteiger partial charge >= 0.3 is 0 Å². The Morgan fingerprint density at radius 3 is 2.50 bits per heavy atom. The van der Waals surface area contributed by atoms with E-state index in [1.165, 1.54) is 23.3 Å². The van der Waals surface area contributed by atoms with Gasteiger partial charge in [0.05, 0.1) is 0 Å². The van der Waals surface area contributed by atoms with Crippen LogP contribution in [0.15, 0.2) is 42.5 Å².